The summed E-state index contributed by atoms with van der Waals surface area (Å²) in [5.41, 5.74) is 28.6. The Bertz CT molecular complexity index is 3860. The first-order valence-corrected chi connectivity index (χ1v) is 25.3. The lowest BCUT2D eigenvalue weighted by Crippen LogP contribution is -2.76. The molecule has 0 aliphatic carbocycles. The lowest BCUT2D eigenvalue weighted by molar-refractivity contribution is 0.484. The summed E-state index contributed by atoms with van der Waals surface area (Å²) < 4.78 is 9.62. The Morgan fingerprint density at radius 2 is 0.903 bits per heavy atom. The summed E-state index contributed by atoms with van der Waals surface area (Å²) in [5, 5.41) is 2.40. The number of nitrogens with zero attached hydrogens (tertiary/aromatic N) is 2. The Morgan fingerprint density at radius 3 is 1.50 bits per heavy atom. The van der Waals surface area contributed by atoms with Gasteiger partial charge in [-0.25, -0.2) is 0 Å². The van der Waals surface area contributed by atoms with E-state index in [1.54, 1.807) is 0 Å². The van der Waals surface area contributed by atoms with E-state index in [0.717, 1.165) is 39.5 Å². The summed E-state index contributed by atoms with van der Waals surface area (Å²) in [4.78, 5) is 5.15. The molecule has 0 saturated carbocycles. The standard InChI is InChI=1S/C67H56B2N2O/c1-41-20-18-21-42(2)63(41)49-34-45(5)65(46(6)35-49)68-57-27-13-14-28-58(57)69(66-47(7)36-50(37-48(66)8)64-43(3)22-19-23-44(64)4)67-56(60-29-16-17-33-70-60)38-53(39-59(67)68)72-52-31-32-55-54-26-12-15-30-61(54)71(62(55)40-52)51-24-10-9-11-25-51/h9-40H,1-8H3. The third-order valence-corrected chi connectivity index (χ3v) is 15.5. The number of ether oxygens (including phenoxy) is 1. The number of fused-ring (bicyclic) bond motifs is 5. The average molecular weight is 927 g/mol. The Balaban J connectivity index is 1.12. The minimum atomic E-state index is -0.0944. The molecule has 0 amide bonds. The number of aromatic nitrogens is 2. The van der Waals surface area contributed by atoms with Crippen LogP contribution in [0.1, 0.15) is 44.5 Å². The number of pyridine rings is 1. The Kier molecular flexibility index (Phi) is 11.2. The molecular formula is C67H56B2N2O. The molecule has 0 bridgehead atoms. The van der Waals surface area contributed by atoms with Crippen LogP contribution in [0.15, 0.2) is 194 Å². The maximum atomic E-state index is 7.27. The normalized spacial score (nSPS) is 12.1. The summed E-state index contributed by atoms with van der Waals surface area (Å²) in [6, 6.07) is 68.9. The van der Waals surface area contributed by atoms with E-state index in [1.165, 1.54) is 110 Å². The van der Waals surface area contributed by atoms with Gasteiger partial charge in [0.1, 0.15) is 11.5 Å². The van der Waals surface area contributed by atoms with Crippen LogP contribution < -0.4 is 37.5 Å². The molecule has 0 atom stereocenters. The van der Waals surface area contributed by atoms with Gasteiger partial charge in [-0.3, -0.25) is 4.98 Å². The van der Waals surface area contributed by atoms with E-state index in [9.17, 15) is 0 Å². The molecule has 5 heteroatoms. The van der Waals surface area contributed by atoms with Crippen LogP contribution in [-0.2, 0) is 0 Å². The molecular weight excluding hydrogens is 870 g/mol. The van der Waals surface area contributed by atoms with Crippen molar-refractivity contribution >= 4 is 68.0 Å². The predicted octanol–water partition coefficient (Wildman–Crippen LogP) is 12.8. The third-order valence-electron chi connectivity index (χ3n) is 15.5. The van der Waals surface area contributed by atoms with Crippen molar-refractivity contribution in [1.29, 1.82) is 0 Å². The van der Waals surface area contributed by atoms with Gasteiger partial charge < -0.3 is 9.30 Å². The lowest BCUT2D eigenvalue weighted by Gasteiger charge is -2.36. The molecule has 9 aromatic carbocycles. The second-order valence-electron chi connectivity index (χ2n) is 20.2. The van der Waals surface area contributed by atoms with Crippen molar-refractivity contribution in [3.8, 4) is 50.7 Å². The molecule has 0 N–H and O–H groups in total. The molecule has 2 aromatic heterocycles. The van der Waals surface area contributed by atoms with Gasteiger partial charge in [-0.05, 0) is 160 Å². The Labute approximate surface area is 425 Å². The first kappa shape index (κ1) is 45.0. The van der Waals surface area contributed by atoms with E-state index in [-0.39, 0.29) is 13.4 Å². The van der Waals surface area contributed by atoms with E-state index in [2.05, 4.69) is 242 Å². The van der Waals surface area contributed by atoms with Gasteiger partial charge in [0.15, 0.2) is 0 Å². The highest BCUT2D eigenvalue weighted by Crippen LogP contribution is 2.37. The van der Waals surface area contributed by atoms with E-state index >= 15 is 0 Å². The topological polar surface area (TPSA) is 27.1 Å². The number of hydrogen-bond donors (Lipinski definition) is 0. The molecule has 346 valence electrons. The summed E-state index contributed by atoms with van der Waals surface area (Å²) in [7, 11) is 0. The van der Waals surface area contributed by atoms with Gasteiger partial charge in [-0.1, -0.05) is 182 Å². The number of rotatable bonds is 8. The molecule has 11 aromatic rings. The maximum Gasteiger partial charge on any atom is 0.241 e. The van der Waals surface area contributed by atoms with Crippen LogP contribution in [0.2, 0.25) is 0 Å². The molecule has 72 heavy (non-hydrogen) atoms. The molecule has 12 rings (SSSR count). The highest BCUT2D eigenvalue weighted by Gasteiger charge is 2.43. The van der Waals surface area contributed by atoms with Crippen molar-refractivity contribution in [2.45, 2.75) is 55.4 Å². The number of aryl methyl sites for hydroxylation is 8. The highest BCUT2D eigenvalue weighted by atomic mass is 16.5. The summed E-state index contributed by atoms with van der Waals surface area (Å²) in [6.07, 6.45) is 1.92. The van der Waals surface area contributed by atoms with Crippen molar-refractivity contribution in [3.05, 3.63) is 239 Å². The van der Waals surface area contributed by atoms with Crippen LogP contribution in [0.4, 0.5) is 0 Å². The molecule has 0 fully saturated rings. The smallest absolute Gasteiger partial charge is 0.241 e. The fourth-order valence-corrected chi connectivity index (χ4v) is 12.7. The quantitative estimate of drug-likeness (QED) is 0.142. The predicted molar refractivity (Wildman–Crippen MR) is 308 cm³/mol. The van der Waals surface area contributed by atoms with Crippen molar-refractivity contribution < 1.29 is 4.74 Å². The van der Waals surface area contributed by atoms with Gasteiger partial charge in [-0.2, -0.15) is 0 Å². The third kappa shape index (κ3) is 7.49. The van der Waals surface area contributed by atoms with E-state index in [4.69, 9.17) is 9.72 Å². The maximum absolute atomic E-state index is 7.27. The molecule has 1 aliphatic rings. The van der Waals surface area contributed by atoms with Gasteiger partial charge in [0.25, 0.3) is 0 Å². The van der Waals surface area contributed by atoms with Gasteiger partial charge in [0.05, 0.1) is 16.7 Å². The fraction of sp³-hybridized carbons (Fsp3) is 0.119. The van der Waals surface area contributed by atoms with Crippen molar-refractivity contribution in [2.24, 2.45) is 0 Å². The molecule has 3 nitrogen and oxygen atoms in total. The average Bonchev–Trinajstić information content (AvgIpc) is 3.70. The van der Waals surface area contributed by atoms with Crippen LogP contribution in [0.25, 0.3) is 61.0 Å². The van der Waals surface area contributed by atoms with Gasteiger partial charge >= 0.3 is 0 Å². The second-order valence-corrected chi connectivity index (χ2v) is 20.2. The lowest BCUT2D eigenvalue weighted by atomic mass is 9.20. The van der Waals surface area contributed by atoms with Crippen molar-refractivity contribution in [2.75, 3.05) is 0 Å². The van der Waals surface area contributed by atoms with Crippen molar-refractivity contribution in [1.82, 2.24) is 9.55 Å². The van der Waals surface area contributed by atoms with Crippen molar-refractivity contribution in [3.63, 3.8) is 0 Å². The zero-order valence-electron chi connectivity index (χ0n) is 42.4. The number of para-hydroxylation sites is 2. The van der Waals surface area contributed by atoms with E-state index < -0.39 is 0 Å². The minimum Gasteiger partial charge on any atom is -0.457 e. The van der Waals surface area contributed by atoms with Crippen LogP contribution in [0.5, 0.6) is 11.5 Å². The first-order valence-electron chi connectivity index (χ1n) is 25.3. The summed E-state index contributed by atoms with van der Waals surface area (Å²) in [6.45, 7) is 18.0. The summed E-state index contributed by atoms with van der Waals surface area (Å²) >= 11 is 0. The number of hydrogen-bond acceptors (Lipinski definition) is 2. The van der Waals surface area contributed by atoms with E-state index in [0.29, 0.717) is 0 Å². The largest absolute Gasteiger partial charge is 0.457 e. The van der Waals surface area contributed by atoms with Gasteiger partial charge in [0.2, 0.25) is 13.4 Å². The van der Waals surface area contributed by atoms with Crippen LogP contribution in [0, 0.1) is 55.4 Å². The molecule has 1 aliphatic heterocycles. The van der Waals surface area contributed by atoms with E-state index in [1.807, 2.05) is 12.3 Å². The molecule has 3 heterocycles. The molecule has 0 spiro atoms. The monoisotopic (exact) mass is 926 g/mol. The SMILES string of the molecule is Cc1cc(-c2c(C)cccc2C)cc(C)c1B1c2ccccc2B(c2c(C)cc(-c3c(C)cccc3C)cc2C)c2c1cc(Oc1ccc3c4ccccc4n(-c4ccccc4)c3c1)cc2-c1ccccn1. The van der Waals surface area contributed by atoms with Crippen LogP contribution in [0.3, 0.4) is 0 Å². The van der Waals surface area contributed by atoms with Gasteiger partial charge in [0, 0.05) is 28.7 Å². The minimum absolute atomic E-state index is 0.0852. The highest BCUT2D eigenvalue weighted by molar-refractivity contribution is 7.12. The number of benzene rings is 9. The Morgan fingerprint density at radius 1 is 0.375 bits per heavy atom. The van der Waals surface area contributed by atoms with Gasteiger partial charge in [-0.15, -0.1) is 0 Å². The second kappa shape index (κ2) is 17.9. The molecule has 0 unspecified atom stereocenters. The van der Waals surface area contributed by atoms with Crippen LogP contribution in [-0.4, -0.2) is 23.0 Å². The zero-order chi connectivity index (χ0) is 49.4. The Hall–Kier alpha value is -8.14. The molecule has 0 saturated heterocycles. The fourth-order valence-electron chi connectivity index (χ4n) is 12.7. The molecule has 0 radical (unpaired) electrons. The first-order chi connectivity index (χ1) is 35.0. The van der Waals surface area contributed by atoms with Crippen LogP contribution >= 0.6 is 0 Å². The summed E-state index contributed by atoms with van der Waals surface area (Å²) in [5.74, 6) is 1.55. The zero-order valence-corrected chi connectivity index (χ0v) is 42.4.